The van der Waals surface area contributed by atoms with E-state index >= 15 is 0 Å². The fraction of sp³-hybridized carbons (Fsp3) is 0.619. The first-order valence-electron chi connectivity index (χ1n) is 9.73. The van der Waals surface area contributed by atoms with Crippen molar-refractivity contribution >= 4 is 24.2 Å². The Labute approximate surface area is 174 Å². The zero-order valence-corrected chi connectivity index (χ0v) is 18.3. The standard InChI is InChI=1S/C21H33N3O3.ClH/c1-6-27-16-9-7-15(8-10-16)19(25)23-18(14(2)3)20(26)24-12-11-17(22)21(4,5)13-24;/h7-10,14,17-18H,6,11-13,22H2,1-5H3,(H,23,25);1H. The zero-order chi connectivity index (χ0) is 20.2. The minimum atomic E-state index is -0.561. The first kappa shape index (κ1) is 24.2. The summed E-state index contributed by atoms with van der Waals surface area (Å²) in [6, 6.07) is 6.47. The molecule has 2 amide bonds. The van der Waals surface area contributed by atoms with Gasteiger partial charge in [0.25, 0.3) is 5.91 Å². The molecule has 1 aromatic carbocycles. The Hall–Kier alpha value is -1.79. The molecule has 2 unspecified atom stereocenters. The fourth-order valence-corrected chi connectivity index (χ4v) is 3.37. The van der Waals surface area contributed by atoms with Gasteiger partial charge in [0.05, 0.1) is 6.61 Å². The highest BCUT2D eigenvalue weighted by atomic mass is 35.5. The second-order valence-electron chi connectivity index (χ2n) is 8.30. The zero-order valence-electron chi connectivity index (χ0n) is 17.5. The Morgan fingerprint density at radius 3 is 2.39 bits per heavy atom. The lowest BCUT2D eigenvalue weighted by atomic mass is 9.79. The summed E-state index contributed by atoms with van der Waals surface area (Å²) in [6.45, 7) is 11.8. The van der Waals surface area contributed by atoms with Gasteiger partial charge in [-0.2, -0.15) is 0 Å². The van der Waals surface area contributed by atoms with Crippen molar-refractivity contribution in [2.45, 2.75) is 53.1 Å². The molecule has 2 atom stereocenters. The first-order valence-corrected chi connectivity index (χ1v) is 9.73. The molecule has 1 heterocycles. The number of ether oxygens (including phenoxy) is 1. The Bertz CT molecular complexity index is 661. The number of likely N-dealkylation sites (tertiary alicyclic amines) is 1. The molecule has 0 spiro atoms. The molecule has 1 aromatic rings. The monoisotopic (exact) mass is 411 g/mol. The van der Waals surface area contributed by atoms with Crippen LogP contribution in [0.5, 0.6) is 5.75 Å². The van der Waals surface area contributed by atoms with Crippen LogP contribution in [-0.2, 0) is 4.79 Å². The number of carbonyl (C=O) groups excluding carboxylic acids is 2. The highest BCUT2D eigenvalue weighted by Gasteiger charge is 2.38. The number of nitrogens with two attached hydrogens (primary N) is 1. The number of hydrogen-bond donors (Lipinski definition) is 2. The third-order valence-corrected chi connectivity index (χ3v) is 5.27. The van der Waals surface area contributed by atoms with Gasteiger partial charge in [0.2, 0.25) is 5.91 Å². The van der Waals surface area contributed by atoms with Crippen LogP contribution in [0.25, 0.3) is 0 Å². The molecule has 1 fully saturated rings. The average Bonchev–Trinajstić information content (AvgIpc) is 2.61. The molecule has 28 heavy (non-hydrogen) atoms. The molecule has 0 aromatic heterocycles. The number of rotatable bonds is 6. The minimum absolute atomic E-state index is 0. The highest BCUT2D eigenvalue weighted by Crippen LogP contribution is 2.28. The van der Waals surface area contributed by atoms with E-state index in [1.807, 2.05) is 25.7 Å². The van der Waals surface area contributed by atoms with Gasteiger partial charge in [-0.3, -0.25) is 9.59 Å². The van der Waals surface area contributed by atoms with Crippen LogP contribution in [0.4, 0.5) is 0 Å². The van der Waals surface area contributed by atoms with Crippen molar-refractivity contribution in [1.29, 1.82) is 0 Å². The van der Waals surface area contributed by atoms with E-state index in [4.69, 9.17) is 10.5 Å². The lowest BCUT2D eigenvalue weighted by Crippen LogP contribution is -2.59. The van der Waals surface area contributed by atoms with Gasteiger partial charge in [0.15, 0.2) is 0 Å². The molecule has 2 rings (SSSR count). The van der Waals surface area contributed by atoms with Crippen molar-refractivity contribution in [2.75, 3.05) is 19.7 Å². The molecule has 6 nitrogen and oxygen atoms in total. The summed E-state index contributed by atoms with van der Waals surface area (Å²) in [4.78, 5) is 27.6. The van der Waals surface area contributed by atoms with Crippen LogP contribution < -0.4 is 15.8 Å². The second-order valence-corrected chi connectivity index (χ2v) is 8.30. The van der Waals surface area contributed by atoms with Gasteiger partial charge in [-0.25, -0.2) is 0 Å². The summed E-state index contributed by atoms with van der Waals surface area (Å²) < 4.78 is 5.40. The third kappa shape index (κ3) is 5.85. The maximum Gasteiger partial charge on any atom is 0.251 e. The predicted molar refractivity (Wildman–Crippen MR) is 114 cm³/mol. The topological polar surface area (TPSA) is 84.7 Å². The Kier molecular flexibility index (Phi) is 8.76. The summed E-state index contributed by atoms with van der Waals surface area (Å²) in [6.07, 6.45) is 0.774. The summed E-state index contributed by atoms with van der Waals surface area (Å²) >= 11 is 0. The van der Waals surface area contributed by atoms with Crippen molar-refractivity contribution in [1.82, 2.24) is 10.2 Å². The molecule has 0 aliphatic carbocycles. The minimum Gasteiger partial charge on any atom is -0.494 e. The number of hydrogen-bond acceptors (Lipinski definition) is 4. The third-order valence-electron chi connectivity index (χ3n) is 5.27. The van der Waals surface area contributed by atoms with Crippen LogP contribution in [0.3, 0.4) is 0 Å². The van der Waals surface area contributed by atoms with E-state index in [-0.39, 0.29) is 41.6 Å². The molecule has 1 saturated heterocycles. The summed E-state index contributed by atoms with van der Waals surface area (Å²) in [7, 11) is 0. The molecule has 7 heteroatoms. The number of carbonyl (C=O) groups is 2. The van der Waals surface area contributed by atoms with Gasteiger partial charge >= 0.3 is 0 Å². The molecule has 0 bridgehead atoms. The van der Waals surface area contributed by atoms with E-state index in [0.717, 1.165) is 12.2 Å². The van der Waals surface area contributed by atoms with E-state index in [9.17, 15) is 9.59 Å². The van der Waals surface area contributed by atoms with Crippen molar-refractivity contribution in [3.05, 3.63) is 29.8 Å². The second kappa shape index (κ2) is 10.1. The number of nitrogens with one attached hydrogen (secondary N) is 1. The number of halogens is 1. The summed E-state index contributed by atoms with van der Waals surface area (Å²) in [5.74, 6) is 0.419. The normalized spacial score (nSPS) is 19.5. The molecule has 3 N–H and O–H groups in total. The average molecular weight is 412 g/mol. The predicted octanol–water partition coefficient (Wildman–Crippen LogP) is 2.85. The summed E-state index contributed by atoms with van der Waals surface area (Å²) in [5, 5.41) is 2.92. The largest absolute Gasteiger partial charge is 0.494 e. The van der Waals surface area contributed by atoms with Crippen LogP contribution >= 0.6 is 12.4 Å². The molecule has 1 aliphatic heterocycles. The highest BCUT2D eigenvalue weighted by molar-refractivity contribution is 5.97. The van der Waals surface area contributed by atoms with Gasteiger partial charge < -0.3 is 20.7 Å². The molecular formula is C21H34ClN3O3. The molecule has 158 valence electrons. The van der Waals surface area contributed by atoms with Crippen LogP contribution in [-0.4, -0.2) is 48.5 Å². The summed E-state index contributed by atoms with van der Waals surface area (Å²) in [5.41, 5.74) is 6.56. The lowest BCUT2D eigenvalue weighted by Gasteiger charge is -2.44. The van der Waals surface area contributed by atoms with Crippen molar-refractivity contribution in [2.24, 2.45) is 17.1 Å². The smallest absolute Gasteiger partial charge is 0.251 e. The number of piperidine rings is 1. The van der Waals surface area contributed by atoms with Crippen LogP contribution in [0, 0.1) is 11.3 Å². The van der Waals surface area contributed by atoms with Crippen molar-refractivity contribution < 1.29 is 14.3 Å². The molecule has 0 saturated carbocycles. The van der Waals surface area contributed by atoms with Crippen molar-refractivity contribution in [3.63, 3.8) is 0 Å². The quantitative estimate of drug-likeness (QED) is 0.753. The van der Waals surface area contributed by atoms with Crippen molar-refractivity contribution in [3.8, 4) is 5.75 Å². The maximum absolute atomic E-state index is 13.1. The number of benzene rings is 1. The van der Waals surface area contributed by atoms with Gasteiger partial charge in [0, 0.05) is 24.7 Å². The molecule has 0 radical (unpaired) electrons. The van der Waals surface area contributed by atoms with E-state index < -0.39 is 6.04 Å². The molecular weight excluding hydrogens is 378 g/mol. The van der Waals surface area contributed by atoms with Gasteiger partial charge in [-0.15, -0.1) is 12.4 Å². The SMILES string of the molecule is CCOc1ccc(C(=O)NC(C(=O)N2CCC(N)C(C)(C)C2)C(C)C)cc1.Cl. The molecule has 1 aliphatic rings. The van der Waals surface area contributed by atoms with Gasteiger partial charge in [-0.1, -0.05) is 27.7 Å². The number of amides is 2. The van der Waals surface area contributed by atoms with Crippen LogP contribution in [0.1, 0.15) is 51.4 Å². The first-order chi connectivity index (χ1) is 12.7. The Morgan fingerprint density at radius 1 is 1.29 bits per heavy atom. The maximum atomic E-state index is 13.1. The van der Waals surface area contributed by atoms with Gasteiger partial charge in [0.1, 0.15) is 11.8 Å². The van der Waals surface area contributed by atoms with E-state index in [2.05, 4.69) is 19.2 Å². The van der Waals surface area contributed by atoms with Gasteiger partial charge in [-0.05, 0) is 48.9 Å². The van der Waals surface area contributed by atoms with E-state index in [1.54, 1.807) is 24.3 Å². The Balaban J connectivity index is 0.00000392. The van der Waals surface area contributed by atoms with Crippen LogP contribution in [0.2, 0.25) is 0 Å². The van der Waals surface area contributed by atoms with Crippen LogP contribution in [0.15, 0.2) is 24.3 Å². The van der Waals surface area contributed by atoms with E-state index in [1.165, 1.54) is 0 Å². The number of nitrogens with zero attached hydrogens (tertiary/aromatic N) is 1. The fourth-order valence-electron chi connectivity index (χ4n) is 3.37. The lowest BCUT2D eigenvalue weighted by molar-refractivity contribution is -0.137. The Morgan fingerprint density at radius 2 is 1.89 bits per heavy atom. The van der Waals surface area contributed by atoms with E-state index in [0.29, 0.717) is 25.3 Å².